The summed E-state index contributed by atoms with van der Waals surface area (Å²) < 4.78 is 15.8. The first-order chi connectivity index (χ1) is 11.2. The van der Waals surface area contributed by atoms with Crippen LogP contribution < -0.4 is 9.47 Å². The van der Waals surface area contributed by atoms with Crippen molar-refractivity contribution in [3.05, 3.63) is 23.8 Å². The smallest absolute Gasteiger partial charge is 0.410 e. The number of carbonyl (C=O) groups excluding carboxylic acids is 2. The van der Waals surface area contributed by atoms with Gasteiger partial charge in [0, 0.05) is 24.6 Å². The topological polar surface area (TPSA) is 65.1 Å². The lowest BCUT2D eigenvalue weighted by Crippen LogP contribution is -2.35. The molecule has 2 rings (SSSR count). The minimum Gasteiger partial charge on any atom is -0.493 e. The molecular formula is C18H25NO5. The number of methoxy groups -OCH3 is 2. The summed E-state index contributed by atoms with van der Waals surface area (Å²) in [5.41, 5.74) is 0.0198. The van der Waals surface area contributed by atoms with Gasteiger partial charge < -0.3 is 19.1 Å². The van der Waals surface area contributed by atoms with Crippen LogP contribution in [0.5, 0.6) is 11.5 Å². The van der Waals surface area contributed by atoms with Crippen LogP contribution >= 0.6 is 0 Å². The van der Waals surface area contributed by atoms with Crippen molar-refractivity contribution in [2.75, 3.05) is 27.3 Å². The molecule has 1 aliphatic rings. The molecule has 132 valence electrons. The van der Waals surface area contributed by atoms with Gasteiger partial charge in [0.15, 0.2) is 17.3 Å². The number of hydrogen-bond acceptors (Lipinski definition) is 5. The summed E-state index contributed by atoms with van der Waals surface area (Å²) in [5.74, 6) is 0.874. The average molecular weight is 335 g/mol. The van der Waals surface area contributed by atoms with Crippen molar-refractivity contribution in [1.82, 2.24) is 4.90 Å². The molecule has 0 aliphatic carbocycles. The zero-order chi connectivity index (χ0) is 17.9. The number of Topliss-reactive ketones (excluding diaryl/α,β-unsaturated/α-hetero) is 1. The predicted octanol–water partition coefficient (Wildman–Crippen LogP) is 3.14. The molecule has 1 atom stereocenters. The molecule has 24 heavy (non-hydrogen) atoms. The SMILES string of the molecule is COc1ccc(C(=O)[C@H]2CCN(C(=O)OC(C)(C)C)C2)cc1OC. The highest BCUT2D eigenvalue weighted by Crippen LogP contribution is 2.30. The Morgan fingerprint density at radius 1 is 1.12 bits per heavy atom. The van der Waals surface area contributed by atoms with Crippen LogP contribution in [0.25, 0.3) is 0 Å². The van der Waals surface area contributed by atoms with Crippen LogP contribution in [0.2, 0.25) is 0 Å². The number of hydrogen-bond donors (Lipinski definition) is 0. The number of rotatable bonds is 4. The van der Waals surface area contributed by atoms with Crippen molar-refractivity contribution >= 4 is 11.9 Å². The van der Waals surface area contributed by atoms with Gasteiger partial charge in [-0.15, -0.1) is 0 Å². The molecule has 1 aromatic rings. The molecular weight excluding hydrogens is 310 g/mol. The van der Waals surface area contributed by atoms with E-state index in [0.717, 1.165) is 0 Å². The van der Waals surface area contributed by atoms with E-state index in [-0.39, 0.29) is 17.8 Å². The monoisotopic (exact) mass is 335 g/mol. The molecule has 1 saturated heterocycles. The highest BCUT2D eigenvalue weighted by atomic mass is 16.6. The van der Waals surface area contributed by atoms with Crippen LogP contribution in [-0.2, 0) is 4.74 Å². The van der Waals surface area contributed by atoms with E-state index >= 15 is 0 Å². The Morgan fingerprint density at radius 3 is 2.38 bits per heavy atom. The fourth-order valence-electron chi connectivity index (χ4n) is 2.69. The molecule has 0 bridgehead atoms. The zero-order valence-electron chi connectivity index (χ0n) is 14.9. The summed E-state index contributed by atoms with van der Waals surface area (Å²) in [7, 11) is 3.08. The average Bonchev–Trinajstić information content (AvgIpc) is 3.02. The highest BCUT2D eigenvalue weighted by Gasteiger charge is 2.34. The van der Waals surface area contributed by atoms with Gasteiger partial charge in [-0.05, 0) is 45.4 Å². The van der Waals surface area contributed by atoms with Crippen molar-refractivity contribution in [3.8, 4) is 11.5 Å². The van der Waals surface area contributed by atoms with Crippen LogP contribution in [0.15, 0.2) is 18.2 Å². The maximum absolute atomic E-state index is 12.7. The lowest BCUT2D eigenvalue weighted by molar-refractivity contribution is 0.0289. The van der Waals surface area contributed by atoms with E-state index in [1.165, 1.54) is 7.11 Å². The Labute approximate surface area is 142 Å². The number of benzene rings is 1. The van der Waals surface area contributed by atoms with Gasteiger partial charge in [0.2, 0.25) is 0 Å². The Bertz CT molecular complexity index is 620. The first-order valence-electron chi connectivity index (χ1n) is 7.99. The summed E-state index contributed by atoms with van der Waals surface area (Å²) in [5, 5.41) is 0. The van der Waals surface area contributed by atoms with E-state index in [9.17, 15) is 9.59 Å². The van der Waals surface area contributed by atoms with E-state index < -0.39 is 5.60 Å². The van der Waals surface area contributed by atoms with E-state index in [0.29, 0.717) is 36.6 Å². The second-order valence-corrected chi connectivity index (χ2v) is 6.85. The lowest BCUT2D eigenvalue weighted by atomic mass is 9.96. The van der Waals surface area contributed by atoms with Crippen molar-refractivity contribution in [2.24, 2.45) is 5.92 Å². The van der Waals surface area contributed by atoms with E-state index in [1.54, 1.807) is 30.2 Å². The number of nitrogens with zero attached hydrogens (tertiary/aromatic N) is 1. The Hall–Kier alpha value is -2.24. The summed E-state index contributed by atoms with van der Waals surface area (Å²) in [6.07, 6.45) is 0.261. The molecule has 1 fully saturated rings. The van der Waals surface area contributed by atoms with Crippen molar-refractivity contribution in [1.29, 1.82) is 0 Å². The molecule has 0 N–H and O–H groups in total. The van der Waals surface area contributed by atoms with Crippen LogP contribution in [0.3, 0.4) is 0 Å². The quantitative estimate of drug-likeness (QED) is 0.791. The standard InChI is InChI=1S/C18H25NO5/c1-18(2,3)24-17(21)19-9-8-13(11-19)16(20)12-6-7-14(22-4)15(10-12)23-5/h6-7,10,13H,8-9,11H2,1-5H3/t13-/m0/s1. The summed E-state index contributed by atoms with van der Waals surface area (Å²) >= 11 is 0. The van der Waals surface area contributed by atoms with E-state index in [4.69, 9.17) is 14.2 Å². The Balaban J connectivity index is 2.05. The highest BCUT2D eigenvalue weighted by molar-refractivity contribution is 5.99. The minimum atomic E-state index is -0.539. The molecule has 1 heterocycles. The molecule has 1 amide bonds. The van der Waals surface area contributed by atoms with Gasteiger partial charge >= 0.3 is 6.09 Å². The first-order valence-corrected chi connectivity index (χ1v) is 7.99. The van der Waals surface area contributed by atoms with E-state index in [1.807, 2.05) is 20.8 Å². The summed E-state index contributed by atoms with van der Waals surface area (Å²) in [4.78, 5) is 26.4. The minimum absolute atomic E-state index is 0.00186. The normalized spacial score (nSPS) is 17.5. The molecule has 1 aliphatic heterocycles. The lowest BCUT2D eigenvalue weighted by Gasteiger charge is -2.24. The van der Waals surface area contributed by atoms with Crippen molar-refractivity contribution < 1.29 is 23.8 Å². The fourth-order valence-corrected chi connectivity index (χ4v) is 2.69. The number of ether oxygens (including phenoxy) is 3. The number of carbonyl (C=O) groups is 2. The molecule has 0 unspecified atom stereocenters. The molecule has 6 heteroatoms. The number of ketones is 1. The van der Waals surface area contributed by atoms with Gasteiger partial charge in [-0.3, -0.25) is 4.79 Å². The first kappa shape index (κ1) is 18.1. The third kappa shape index (κ3) is 4.19. The van der Waals surface area contributed by atoms with Gasteiger partial charge in [0.05, 0.1) is 14.2 Å². The van der Waals surface area contributed by atoms with Crippen LogP contribution in [0.1, 0.15) is 37.6 Å². The third-order valence-corrected chi connectivity index (χ3v) is 3.88. The maximum atomic E-state index is 12.7. The van der Waals surface area contributed by atoms with Gasteiger partial charge in [-0.2, -0.15) is 0 Å². The van der Waals surface area contributed by atoms with Gasteiger partial charge in [0.1, 0.15) is 5.60 Å². The van der Waals surface area contributed by atoms with Crippen molar-refractivity contribution in [2.45, 2.75) is 32.8 Å². The summed E-state index contributed by atoms with van der Waals surface area (Å²) in [6.45, 7) is 6.38. The van der Waals surface area contributed by atoms with Crippen LogP contribution in [0.4, 0.5) is 4.79 Å². The van der Waals surface area contributed by atoms with Crippen LogP contribution in [0, 0.1) is 5.92 Å². The maximum Gasteiger partial charge on any atom is 0.410 e. The molecule has 0 spiro atoms. The molecule has 0 saturated carbocycles. The van der Waals surface area contributed by atoms with Gasteiger partial charge in [-0.25, -0.2) is 4.79 Å². The second kappa shape index (κ2) is 7.11. The predicted molar refractivity (Wildman–Crippen MR) is 89.8 cm³/mol. The Kier molecular flexibility index (Phi) is 5.36. The third-order valence-electron chi connectivity index (χ3n) is 3.88. The molecule has 1 aromatic carbocycles. The van der Waals surface area contributed by atoms with E-state index in [2.05, 4.69) is 0 Å². The second-order valence-electron chi connectivity index (χ2n) is 6.85. The molecule has 6 nitrogen and oxygen atoms in total. The Morgan fingerprint density at radius 2 is 1.79 bits per heavy atom. The van der Waals surface area contributed by atoms with Crippen molar-refractivity contribution in [3.63, 3.8) is 0 Å². The summed E-state index contributed by atoms with van der Waals surface area (Å²) in [6, 6.07) is 5.11. The zero-order valence-corrected chi connectivity index (χ0v) is 14.9. The van der Waals surface area contributed by atoms with Gasteiger partial charge in [-0.1, -0.05) is 0 Å². The molecule has 0 aromatic heterocycles. The van der Waals surface area contributed by atoms with Crippen LogP contribution in [-0.4, -0.2) is 49.7 Å². The fraction of sp³-hybridized carbons (Fsp3) is 0.556. The largest absolute Gasteiger partial charge is 0.493 e. The number of likely N-dealkylation sites (tertiary alicyclic amines) is 1. The molecule has 0 radical (unpaired) electrons. The number of amides is 1. The van der Waals surface area contributed by atoms with Gasteiger partial charge in [0.25, 0.3) is 0 Å².